The minimum Gasteiger partial charge on any atom is -0.491 e. The minimum absolute atomic E-state index is 0.220. The predicted octanol–water partition coefficient (Wildman–Crippen LogP) is 3.28. The molecule has 1 aromatic heterocycles. The molecule has 0 fully saturated rings. The molecule has 0 spiro atoms. The molecule has 0 radical (unpaired) electrons. The van der Waals surface area contributed by atoms with Gasteiger partial charge in [0.2, 0.25) is 0 Å². The van der Waals surface area contributed by atoms with E-state index in [1.54, 1.807) is 12.1 Å². The first-order chi connectivity index (χ1) is 9.67. The Morgan fingerprint density at radius 2 is 2.15 bits per heavy atom. The summed E-state index contributed by atoms with van der Waals surface area (Å²) in [6, 6.07) is 11.1. The number of hydrogen-bond acceptors (Lipinski definition) is 3. The van der Waals surface area contributed by atoms with Crippen molar-refractivity contribution >= 4 is 11.6 Å². The van der Waals surface area contributed by atoms with Gasteiger partial charge in [0.15, 0.2) is 0 Å². The summed E-state index contributed by atoms with van der Waals surface area (Å²) < 4.78 is 5.50. The zero-order chi connectivity index (χ0) is 14.4. The van der Waals surface area contributed by atoms with E-state index in [1.807, 2.05) is 30.5 Å². The molecule has 1 heterocycles. The molecule has 1 unspecified atom stereocenters. The lowest BCUT2D eigenvalue weighted by molar-refractivity contribution is 0.107. The van der Waals surface area contributed by atoms with Crippen molar-refractivity contribution in [1.82, 2.24) is 4.98 Å². The molecule has 2 aromatic rings. The third kappa shape index (κ3) is 4.51. The third-order valence-corrected chi connectivity index (χ3v) is 3.21. The van der Waals surface area contributed by atoms with E-state index in [0.717, 1.165) is 12.1 Å². The summed E-state index contributed by atoms with van der Waals surface area (Å²) in [5.41, 5.74) is 2.06. The number of aryl methyl sites for hydroxylation is 1. The molecule has 4 heteroatoms. The number of pyridine rings is 1. The molecular weight excluding hydrogens is 274 g/mol. The fourth-order valence-corrected chi connectivity index (χ4v) is 2.01. The topological polar surface area (TPSA) is 42.4 Å². The number of aliphatic hydroxyl groups is 1. The molecule has 106 valence electrons. The number of aromatic nitrogens is 1. The van der Waals surface area contributed by atoms with Gasteiger partial charge >= 0.3 is 0 Å². The lowest BCUT2D eigenvalue weighted by atomic mass is 10.1. The molecular formula is C16H18ClNO2. The highest BCUT2D eigenvalue weighted by Crippen LogP contribution is 2.17. The maximum Gasteiger partial charge on any atom is 0.120 e. The number of aliphatic hydroxyl groups excluding tert-OH is 1. The summed E-state index contributed by atoms with van der Waals surface area (Å²) in [5.74, 6) is 0.658. The van der Waals surface area contributed by atoms with E-state index in [9.17, 15) is 5.11 Å². The van der Waals surface area contributed by atoms with Gasteiger partial charge in [0.1, 0.15) is 12.4 Å². The number of nitrogens with zero attached hydrogens (tertiary/aromatic N) is 1. The van der Waals surface area contributed by atoms with Crippen LogP contribution in [0, 0.1) is 0 Å². The van der Waals surface area contributed by atoms with Gasteiger partial charge in [0.05, 0.1) is 6.10 Å². The third-order valence-electron chi connectivity index (χ3n) is 2.98. The standard InChI is InChI=1S/C16H18ClNO2/c1-2-12-6-7-14(18-10-12)9-15(19)11-20-16-5-3-4-13(17)8-16/h3-8,10,15,19H,2,9,11H2,1H3. The Labute approximate surface area is 124 Å². The smallest absolute Gasteiger partial charge is 0.120 e. The first-order valence-corrected chi connectivity index (χ1v) is 7.05. The van der Waals surface area contributed by atoms with Crippen molar-refractivity contribution in [3.8, 4) is 5.75 Å². The van der Waals surface area contributed by atoms with Crippen LogP contribution in [0.2, 0.25) is 5.02 Å². The van der Waals surface area contributed by atoms with Crippen molar-refractivity contribution in [2.75, 3.05) is 6.61 Å². The van der Waals surface area contributed by atoms with Gasteiger partial charge < -0.3 is 9.84 Å². The van der Waals surface area contributed by atoms with Crippen LogP contribution in [0.3, 0.4) is 0 Å². The Kier molecular flexibility index (Phi) is 5.39. The molecule has 20 heavy (non-hydrogen) atoms. The normalized spacial score (nSPS) is 12.2. The van der Waals surface area contributed by atoms with E-state index in [2.05, 4.69) is 11.9 Å². The van der Waals surface area contributed by atoms with Crippen LogP contribution in [0.15, 0.2) is 42.6 Å². The summed E-state index contributed by atoms with van der Waals surface area (Å²) in [6.45, 7) is 2.31. The average Bonchev–Trinajstić information content (AvgIpc) is 2.46. The Balaban J connectivity index is 1.84. The van der Waals surface area contributed by atoms with Crippen LogP contribution in [-0.4, -0.2) is 22.8 Å². The number of hydrogen-bond donors (Lipinski definition) is 1. The molecule has 0 aliphatic rings. The van der Waals surface area contributed by atoms with Crippen molar-refractivity contribution in [1.29, 1.82) is 0 Å². The van der Waals surface area contributed by atoms with Crippen LogP contribution in [0.4, 0.5) is 0 Å². The van der Waals surface area contributed by atoms with E-state index in [0.29, 0.717) is 17.2 Å². The molecule has 0 amide bonds. The van der Waals surface area contributed by atoms with Crippen molar-refractivity contribution in [2.45, 2.75) is 25.9 Å². The molecule has 2 rings (SSSR count). The largest absolute Gasteiger partial charge is 0.491 e. The van der Waals surface area contributed by atoms with Gasteiger partial charge in [0.25, 0.3) is 0 Å². The fourth-order valence-electron chi connectivity index (χ4n) is 1.83. The quantitative estimate of drug-likeness (QED) is 0.888. The summed E-state index contributed by atoms with van der Waals surface area (Å²) in [7, 11) is 0. The number of benzene rings is 1. The molecule has 1 N–H and O–H groups in total. The average molecular weight is 292 g/mol. The zero-order valence-corrected chi connectivity index (χ0v) is 12.2. The first kappa shape index (κ1) is 14.8. The number of halogens is 1. The highest BCUT2D eigenvalue weighted by atomic mass is 35.5. The van der Waals surface area contributed by atoms with E-state index in [4.69, 9.17) is 16.3 Å². The summed E-state index contributed by atoms with van der Waals surface area (Å²) >= 11 is 5.87. The highest BCUT2D eigenvalue weighted by Gasteiger charge is 2.08. The van der Waals surface area contributed by atoms with Crippen LogP contribution in [0.5, 0.6) is 5.75 Å². The summed E-state index contributed by atoms with van der Waals surface area (Å²) in [6.07, 6.45) is 2.70. The molecule has 1 atom stereocenters. The van der Waals surface area contributed by atoms with Crippen molar-refractivity contribution in [3.63, 3.8) is 0 Å². The molecule has 0 saturated heterocycles. The second kappa shape index (κ2) is 7.27. The van der Waals surface area contributed by atoms with Crippen molar-refractivity contribution in [2.24, 2.45) is 0 Å². The summed E-state index contributed by atoms with van der Waals surface area (Å²) in [5, 5.41) is 10.6. The first-order valence-electron chi connectivity index (χ1n) is 6.67. The van der Waals surface area contributed by atoms with E-state index in [-0.39, 0.29) is 6.61 Å². The SMILES string of the molecule is CCc1ccc(CC(O)COc2cccc(Cl)c2)nc1. The van der Waals surface area contributed by atoms with Crippen molar-refractivity contribution in [3.05, 3.63) is 58.9 Å². The van der Waals surface area contributed by atoms with Gasteiger partial charge in [-0.3, -0.25) is 4.98 Å². The maximum atomic E-state index is 9.96. The Morgan fingerprint density at radius 3 is 2.80 bits per heavy atom. The van der Waals surface area contributed by atoms with Crippen LogP contribution in [0.25, 0.3) is 0 Å². The van der Waals surface area contributed by atoms with Gasteiger partial charge in [-0.25, -0.2) is 0 Å². The Bertz CT molecular complexity index is 542. The van der Waals surface area contributed by atoms with Gasteiger partial charge in [-0.1, -0.05) is 30.7 Å². The predicted molar refractivity (Wildman–Crippen MR) is 80.3 cm³/mol. The molecule has 0 aliphatic heterocycles. The van der Waals surface area contributed by atoms with Crippen LogP contribution < -0.4 is 4.74 Å². The molecule has 0 saturated carbocycles. The van der Waals surface area contributed by atoms with Gasteiger partial charge in [-0.15, -0.1) is 0 Å². The van der Waals surface area contributed by atoms with E-state index >= 15 is 0 Å². The van der Waals surface area contributed by atoms with E-state index < -0.39 is 6.10 Å². The zero-order valence-electron chi connectivity index (χ0n) is 11.4. The summed E-state index contributed by atoms with van der Waals surface area (Å²) in [4.78, 5) is 4.32. The fraction of sp³-hybridized carbons (Fsp3) is 0.312. The van der Waals surface area contributed by atoms with E-state index in [1.165, 1.54) is 5.56 Å². The lowest BCUT2D eigenvalue weighted by Crippen LogP contribution is -2.20. The number of rotatable bonds is 6. The highest BCUT2D eigenvalue weighted by molar-refractivity contribution is 6.30. The maximum absolute atomic E-state index is 9.96. The van der Waals surface area contributed by atoms with Crippen molar-refractivity contribution < 1.29 is 9.84 Å². The molecule has 1 aromatic carbocycles. The van der Waals surface area contributed by atoms with Gasteiger partial charge in [-0.2, -0.15) is 0 Å². The van der Waals surface area contributed by atoms with Crippen LogP contribution >= 0.6 is 11.6 Å². The molecule has 3 nitrogen and oxygen atoms in total. The Hall–Kier alpha value is -1.58. The molecule has 0 bridgehead atoms. The number of ether oxygens (including phenoxy) is 1. The minimum atomic E-state index is -0.589. The van der Waals surface area contributed by atoms with Crippen LogP contribution in [0.1, 0.15) is 18.2 Å². The monoisotopic (exact) mass is 291 g/mol. The molecule has 0 aliphatic carbocycles. The van der Waals surface area contributed by atoms with Gasteiger partial charge in [-0.05, 0) is 36.2 Å². The van der Waals surface area contributed by atoms with Gasteiger partial charge in [0, 0.05) is 23.3 Å². The Morgan fingerprint density at radius 1 is 1.30 bits per heavy atom. The van der Waals surface area contributed by atoms with Crippen LogP contribution in [-0.2, 0) is 12.8 Å². The second-order valence-corrected chi connectivity index (χ2v) is 5.07. The second-order valence-electron chi connectivity index (χ2n) is 4.64. The lowest BCUT2D eigenvalue weighted by Gasteiger charge is -2.12.